The maximum absolute atomic E-state index is 12.7. The van der Waals surface area contributed by atoms with E-state index in [1.807, 2.05) is 82.3 Å². The monoisotopic (exact) mass is 393 g/mol. The highest BCUT2D eigenvalue weighted by molar-refractivity contribution is 5.88. The Morgan fingerprint density at radius 1 is 1.03 bits per heavy atom. The lowest BCUT2D eigenvalue weighted by Crippen LogP contribution is -2.18. The molecule has 3 aromatic rings. The van der Waals surface area contributed by atoms with E-state index in [9.17, 15) is 4.79 Å². The second-order valence-corrected chi connectivity index (χ2v) is 7.35. The van der Waals surface area contributed by atoms with Crippen molar-refractivity contribution in [3.63, 3.8) is 0 Å². The molecule has 29 heavy (non-hydrogen) atoms. The molecule has 0 saturated carbocycles. The zero-order valence-corrected chi connectivity index (χ0v) is 17.3. The average Bonchev–Trinajstić information content (AvgIpc) is 2.68. The lowest BCUT2D eigenvalue weighted by molar-refractivity contribution is 0.224. The topological polar surface area (TPSA) is 60.5 Å². The standard InChI is InChI=1S/C24H27NO4/c1-16(2)12-13-27-22-20-11-10-19(28-15-18-8-6-5-7-9-18)14-21(20)25-24(26)23(22)29-17(3)4/h5-12,14,17H,13,15H2,1-4H3,(H,25,26). The van der Waals surface area contributed by atoms with E-state index in [0.29, 0.717) is 30.2 Å². The highest BCUT2D eigenvalue weighted by Gasteiger charge is 2.17. The number of rotatable bonds is 8. The maximum atomic E-state index is 12.7. The van der Waals surface area contributed by atoms with E-state index in [4.69, 9.17) is 14.2 Å². The molecule has 5 nitrogen and oxygen atoms in total. The van der Waals surface area contributed by atoms with E-state index in [-0.39, 0.29) is 17.4 Å². The molecule has 0 radical (unpaired) electrons. The SMILES string of the molecule is CC(C)=CCOc1c(OC(C)C)c(=O)[nH]c2cc(OCc3ccccc3)ccc12. The minimum atomic E-state index is -0.321. The fraction of sp³-hybridized carbons (Fsp3) is 0.292. The van der Waals surface area contributed by atoms with Crippen LogP contribution in [0.25, 0.3) is 10.9 Å². The van der Waals surface area contributed by atoms with Gasteiger partial charge in [0, 0.05) is 11.5 Å². The zero-order valence-electron chi connectivity index (χ0n) is 17.3. The third-order valence-corrected chi connectivity index (χ3v) is 4.22. The smallest absolute Gasteiger partial charge is 0.294 e. The van der Waals surface area contributed by atoms with Crippen LogP contribution in [0.4, 0.5) is 0 Å². The molecule has 5 heteroatoms. The van der Waals surface area contributed by atoms with Gasteiger partial charge in [-0.15, -0.1) is 0 Å². The normalized spacial score (nSPS) is 10.8. The van der Waals surface area contributed by atoms with Crippen molar-refractivity contribution >= 4 is 10.9 Å². The molecule has 1 N–H and O–H groups in total. The summed E-state index contributed by atoms with van der Waals surface area (Å²) in [6.07, 6.45) is 1.82. The van der Waals surface area contributed by atoms with Crippen LogP contribution in [0.1, 0.15) is 33.3 Å². The molecule has 2 aromatic carbocycles. The summed E-state index contributed by atoms with van der Waals surface area (Å²) in [4.78, 5) is 15.5. The summed E-state index contributed by atoms with van der Waals surface area (Å²) in [6.45, 7) is 8.58. The Balaban J connectivity index is 1.95. The Hall–Kier alpha value is -3.21. The van der Waals surface area contributed by atoms with Crippen molar-refractivity contribution in [2.45, 2.75) is 40.4 Å². The number of fused-ring (bicyclic) bond motifs is 1. The minimum absolute atomic E-state index is 0.146. The number of H-pyrrole nitrogens is 1. The Kier molecular flexibility index (Phi) is 6.60. The summed E-state index contributed by atoms with van der Waals surface area (Å²) in [5, 5.41) is 0.773. The fourth-order valence-electron chi connectivity index (χ4n) is 2.84. The van der Waals surface area contributed by atoms with Crippen molar-refractivity contribution in [1.82, 2.24) is 4.98 Å². The highest BCUT2D eigenvalue weighted by atomic mass is 16.5. The lowest BCUT2D eigenvalue weighted by atomic mass is 10.2. The maximum Gasteiger partial charge on any atom is 0.294 e. The van der Waals surface area contributed by atoms with Crippen LogP contribution < -0.4 is 19.8 Å². The molecule has 0 aliphatic carbocycles. The molecule has 0 unspecified atom stereocenters. The van der Waals surface area contributed by atoms with Gasteiger partial charge in [-0.1, -0.05) is 35.9 Å². The molecule has 0 atom stereocenters. The summed E-state index contributed by atoms with van der Waals surface area (Å²) in [5.74, 6) is 1.32. The average molecular weight is 393 g/mol. The molecule has 152 valence electrons. The highest BCUT2D eigenvalue weighted by Crippen LogP contribution is 2.34. The largest absolute Gasteiger partial charge is 0.489 e. The van der Waals surface area contributed by atoms with Crippen LogP contribution in [-0.2, 0) is 6.61 Å². The minimum Gasteiger partial charge on any atom is -0.489 e. The number of aromatic nitrogens is 1. The number of hydrogen-bond donors (Lipinski definition) is 1. The number of hydrogen-bond acceptors (Lipinski definition) is 4. The van der Waals surface area contributed by atoms with Crippen molar-refractivity contribution in [2.24, 2.45) is 0 Å². The Bertz CT molecular complexity index is 1050. The first-order valence-electron chi connectivity index (χ1n) is 9.73. The van der Waals surface area contributed by atoms with Crippen molar-refractivity contribution in [3.05, 3.63) is 76.1 Å². The second kappa shape index (κ2) is 9.32. The number of benzene rings is 2. The Labute approximate surface area is 170 Å². The van der Waals surface area contributed by atoms with E-state index >= 15 is 0 Å². The molecular weight excluding hydrogens is 366 g/mol. The molecule has 1 heterocycles. The summed E-state index contributed by atoms with van der Waals surface area (Å²) < 4.78 is 17.6. The number of ether oxygens (including phenoxy) is 3. The van der Waals surface area contributed by atoms with Crippen molar-refractivity contribution in [1.29, 1.82) is 0 Å². The zero-order chi connectivity index (χ0) is 20.8. The van der Waals surface area contributed by atoms with E-state index in [1.165, 1.54) is 0 Å². The van der Waals surface area contributed by atoms with Gasteiger partial charge in [-0.2, -0.15) is 0 Å². The van der Waals surface area contributed by atoms with Crippen molar-refractivity contribution in [2.75, 3.05) is 6.61 Å². The third-order valence-electron chi connectivity index (χ3n) is 4.22. The first-order valence-corrected chi connectivity index (χ1v) is 9.73. The van der Waals surface area contributed by atoms with Crippen LogP contribution in [0.2, 0.25) is 0 Å². The van der Waals surface area contributed by atoms with E-state index in [1.54, 1.807) is 0 Å². The van der Waals surface area contributed by atoms with E-state index in [0.717, 1.165) is 16.5 Å². The van der Waals surface area contributed by atoms with Gasteiger partial charge >= 0.3 is 0 Å². The predicted octanol–water partition coefficient (Wildman–Crippen LogP) is 5.24. The molecule has 0 spiro atoms. The van der Waals surface area contributed by atoms with Gasteiger partial charge in [0.2, 0.25) is 5.75 Å². The Morgan fingerprint density at radius 2 is 1.79 bits per heavy atom. The van der Waals surface area contributed by atoms with Gasteiger partial charge in [-0.25, -0.2) is 0 Å². The molecule has 0 aliphatic rings. The number of aromatic amines is 1. The first-order chi connectivity index (χ1) is 13.9. The molecular formula is C24H27NO4. The van der Waals surface area contributed by atoms with Gasteiger partial charge in [0.1, 0.15) is 19.0 Å². The molecule has 0 bridgehead atoms. The fourth-order valence-corrected chi connectivity index (χ4v) is 2.84. The Morgan fingerprint density at radius 3 is 2.48 bits per heavy atom. The molecule has 3 rings (SSSR count). The van der Waals surface area contributed by atoms with Crippen LogP contribution in [0.15, 0.2) is 65.0 Å². The van der Waals surface area contributed by atoms with Gasteiger partial charge in [-0.05, 0) is 51.5 Å². The number of allylic oxidation sites excluding steroid dienone is 1. The number of pyridine rings is 1. The molecule has 0 saturated heterocycles. The summed E-state index contributed by atoms with van der Waals surface area (Å²) >= 11 is 0. The van der Waals surface area contributed by atoms with Crippen LogP contribution in [0, 0.1) is 0 Å². The van der Waals surface area contributed by atoms with Gasteiger partial charge in [-0.3, -0.25) is 4.79 Å². The predicted molar refractivity (Wildman–Crippen MR) is 116 cm³/mol. The van der Waals surface area contributed by atoms with Gasteiger partial charge < -0.3 is 19.2 Å². The van der Waals surface area contributed by atoms with Crippen molar-refractivity contribution in [3.8, 4) is 17.2 Å². The van der Waals surface area contributed by atoms with Crippen LogP contribution in [-0.4, -0.2) is 17.7 Å². The first kappa shape index (κ1) is 20.5. The lowest BCUT2D eigenvalue weighted by Gasteiger charge is -2.16. The van der Waals surface area contributed by atoms with E-state index < -0.39 is 0 Å². The molecule has 1 aromatic heterocycles. The summed E-state index contributed by atoms with van der Waals surface area (Å²) in [5.41, 5.74) is 2.54. The van der Waals surface area contributed by atoms with Crippen LogP contribution in [0.5, 0.6) is 17.2 Å². The second-order valence-electron chi connectivity index (χ2n) is 7.35. The third kappa shape index (κ3) is 5.41. The van der Waals surface area contributed by atoms with Crippen LogP contribution in [0.3, 0.4) is 0 Å². The number of nitrogens with one attached hydrogen (secondary N) is 1. The molecule has 0 amide bonds. The van der Waals surface area contributed by atoms with Crippen LogP contribution >= 0.6 is 0 Å². The quantitative estimate of drug-likeness (QED) is 0.532. The van der Waals surface area contributed by atoms with Crippen molar-refractivity contribution < 1.29 is 14.2 Å². The molecule has 0 aliphatic heterocycles. The molecule has 0 fully saturated rings. The van der Waals surface area contributed by atoms with Gasteiger partial charge in [0.05, 0.1) is 11.6 Å². The summed E-state index contributed by atoms with van der Waals surface area (Å²) in [6, 6.07) is 15.5. The van der Waals surface area contributed by atoms with Gasteiger partial charge in [0.15, 0.2) is 5.75 Å². The van der Waals surface area contributed by atoms with Gasteiger partial charge in [0.25, 0.3) is 5.56 Å². The van der Waals surface area contributed by atoms with E-state index in [2.05, 4.69) is 4.98 Å². The summed E-state index contributed by atoms with van der Waals surface area (Å²) in [7, 11) is 0.